The third kappa shape index (κ3) is 2.93. The molecule has 0 saturated heterocycles. The van der Waals surface area contributed by atoms with Gasteiger partial charge in [0.2, 0.25) is 0 Å². The van der Waals surface area contributed by atoms with E-state index in [9.17, 15) is 9.59 Å². The summed E-state index contributed by atoms with van der Waals surface area (Å²) < 4.78 is 6.07. The molecule has 1 amide bonds. The molecule has 4 nitrogen and oxygen atoms in total. The second-order valence-corrected chi connectivity index (χ2v) is 6.03. The van der Waals surface area contributed by atoms with Crippen molar-refractivity contribution < 1.29 is 14.3 Å². The minimum atomic E-state index is -0.336. The van der Waals surface area contributed by atoms with Crippen LogP contribution in [0.1, 0.15) is 30.1 Å². The number of carbonyl (C=O) groups is 2. The Balaban J connectivity index is 1.85. The van der Waals surface area contributed by atoms with Crippen LogP contribution in [-0.4, -0.2) is 36.0 Å². The van der Waals surface area contributed by atoms with Gasteiger partial charge in [-0.15, -0.1) is 11.3 Å². The zero-order chi connectivity index (χ0) is 14.8. The molecule has 110 valence electrons. The number of thiophene rings is 1. The summed E-state index contributed by atoms with van der Waals surface area (Å²) in [5, 5.41) is 2.84. The second kappa shape index (κ2) is 5.85. The Morgan fingerprint density at radius 1 is 1.33 bits per heavy atom. The molecule has 0 radical (unpaired) electrons. The highest BCUT2D eigenvalue weighted by Crippen LogP contribution is 2.32. The van der Waals surface area contributed by atoms with Gasteiger partial charge < -0.3 is 9.64 Å². The Morgan fingerprint density at radius 2 is 2.10 bits per heavy atom. The quantitative estimate of drug-likeness (QED) is 0.798. The Bertz CT molecular complexity index is 675. The highest BCUT2D eigenvalue weighted by molar-refractivity contribution is 7.17. The first-order chi connectivity index (χ1) is 10.2. The van der Waals surface area contributed by atoms with Crippen LogP contribution >= 0.6 is 11.3 Å². The highest BCUT2D eigenvalue weighted by Gasteiger charge is 2.35. The van der Waals surface area contributed by atoms with Gasteiger partial charge in [0.1, 0.15) is 6.54 Å². The third-order valence-electron chi connectivity index (χ3n) is 3.56. The number of amides is 1. The summed E-state index contributed by atoms with van der Waals surface area (Å²) in [6, 6.07) is 8.03. The van der Waals surface area contributed by atoms with E-state index < -0.39 is 0 Å². The maximum absolute atomic E-state index is 12.8. The molecule has 3 rings (SSSR count). The zero-order valence-corrected chi connectivity index (χ0v) is 12.7. The van der Waals surface area contributed by atoms with E-state index in [1.165, 1.54) is 0 Å². The molecule has 0 unspecified atom stereocenters. The molecule has 1 aliphatic carbocycles. The topological polar surface area (TPSA) is 46.6 Å². The summed E-state index contributed by atoms with van der Waals surface area (Å²) in [5.74, 6) is -0.403. The summed E-state index contributed by atoms with van der Waals surface area (Å²) >= 11 is 1.56. The van der Waals surface area contributed by atoms with Crippen LogP contribution in [0.3, 0.4) is 0 Å². The summed E-state index contributed by atoms with van der Waals surface area (Å²) in [5.41, 5.74) is 0.687. The van der Waals surface area contributed by atoms with Gasteiger partial charge in [-0.05, 0) is 25.8 Å². The predicted molar refractivity (Wildman–Crippen MR) is 82.5 cm³/mol. The van der Waals surface area contributed by atoms with E-state index in [0.29, 0.717) is 12.2 Å². The Hall–Kier alpha value is -1.88. The fourth-order valence-electron chi connectivity index (χ4n) is 2.40. The predicted octanol–water partition coefficient (Wildman–Crippen LogP) is 3.07. The maximum Gasteiger partial charge on any atom is 0.325 e. The van der Waals surface area contributed by atoms with E-state index in [4.69, 9.17) is 4.74 Å². The molecule has 1 heterocycles. The van der Waals surface area contributed by atoms with E-state index in [0.717, 1.165) is 22.9 Å². The van der Waals surface area contributed by atoms with Crippen LogP contribution in [0.4, 0.5) is 0 Å². The standard InChI is InChI=1S/C16H17NO3S/c1-2-20-15(18)9-17(11-7-8-11)16(19)13-10-21-14-6-4-3-5-12(13)14/h3-6,10-11H,2,7-9H2,1H3. The van der Waals surface area contributed by atoms with Gasteiger partial charge in [0.05, 0.1) is 12.2 Å². The average Bonchev–Trinajstić information content (AvgIpc) is 3.23. The SMILES string of the molecule is CCOC(=O)CN(C(=O)c1csc2ccccc12)C1CC1. The molecular weight excluding hydrogens is 286 g/mol. The molecule has 1 aromatic heterocycles. The van der Waals surface area contributed by atoms with E-state index in [2.05, 4.69) is 0 Å². The van der Waals surface area contributed by atoms with Crippen molar-refractivity contribution in [1.29, 1.82) is 0 Å². The van der Waals surface area contributed by atoms with Crippen molar-refractivity contribution in [3.05, 3.63) is 35.2 Å². The van der Waals surface area contributed by atoms with Crippen molar-refractivity contribution in [2.45, 2.75) is 25.8 Å². The molecule has 0 atom stereocenters. The van der Waals surface area contributed by atoms with Gasteiger partial charge in [0.15, 0.2) is 0 Å². The molecule has 1 fully saturated rings. The summed E-state index contributed by atoms with van der Waals surface area (Å²) in [6.45, 7) is 2.15. The van der Waals surface area contributed by atoms with Crippen LogP contribution in [0.25, 0.3) is 10.1 Å². The van der Waals surface area contributed by atoms with E-state index in [1.807, 2.05) is 29.6 Å². The lowest BCUT2D eigenvalue weighted by atomic mass is 10.1. The largest absolute Gasteiger partial charge is 0.465 e. The lowest BCUT2D eigenvalue weighted by molar-refractivity contribution is -0.143. The number of rotatable bonds is 5. The van der Waals surface area contributed by atoms with Gasteiger partial charge in [-0.3, -0.25) is 9.59 Å². The first kappa shape index (κ1) is 14.1. The molecule has 1 aromatic carbocycles. The fourth-order valence-corrected chi connectivity index (χ4v) is 3.33. The zero-order valence-electron chi connectivity index (χ0n) is 11.9. The number of hydrogen-bond acceptors (Lipinski definition) is 4. The minimum absolute atomic E-state index is 0.0432. The van der Waals surface area contributed by atoms with Gasteiger partial charge in [0.25, 0.3) is 5.91 Å². The van der Waals surface area contributed by atoms with Gasteiger partial charge in [-0.1, -0.05) is 18.2 Å². The summed E-state index contributed by atoms with van der Waals surface area (Å²) in [6.07, 6.45) is 1.93. The number of ether oxygens (including phenoxy) is 1. The first-order valence-corrected chi connectivity index (χ1v) is 8.01. The second-order valence-electron chi connectivity index (χ2n) is 5.11. The molecule has 0 spiro atoms. The third-order valence-corrected chi connectivity index (χ3v) is 4.53. The molecule has 0 aliphatic heterocycles. The highest BCUT2D eigenvalue weighted by atomic mass is 32.1. The van der Waals surface area contributed by atoms with E-state index in [1.54, 1.807) is 23.2 Å². The summed E-state index contributed by atoms with van der Waals surface area (Å²) in [4.78, 5) is 26.1. The Kier molecular flexibility index (Phi) is 3.92. The lowest BCUT2D eigenvalue weighted by Gasteiger charge is -2.21. The molecular formula is C16H17NO3S. The van der Waals surface area contributed by atoms with Crippen LogP contribution in [0, 0.1) is 0 Å². The maximum atomic E-state index is 12.8. The van der Waals surface area contributed by atoms with E-state index in [-0.39, 0.29) is 24.5 Å². The average molecular weight is 303 g/mol. The number of esters is 1. The molecule has 0 bridgehead atoms. The minimum Gasteiger partial charge on any atom is -0.465 e. The van der Waals surface area contributed by atoms with Gasteiger partial charge in [-0.2, -0.15) is 0 Å². The number of hydrogen-bond donors (Lipinski definition) is 0. The van der Waals surface area contributed by atoms with Crippen LogP contribution in [-0.2, 0) is 9.53 Å². The molecule has 21 heavy (non-hydrogen) atoms. The number of benzene rings is 1. The molecule has 1 aliphatic rings. The number of fused-ring (bicyclic) bond motifs is 1. The molecule has 0 N–H and O–H groups in total. The Labute approximate surface area is 127 Å². The van der Waals surface area contributed by atoms with Crippen molar-refractivity contribution in [3.63, 3.8) is 0 Å². The Morgan fingerprint density at radius 3 is 2.81 bits per heavy atom. The van der Waals surface area contributed by atoms with Crippen molar-refractivity contribution in [1.82, 2.24) is 4.90 Å². The summed E-state index contributed by atoms with van der Waals surface area (Å²) in [7, 11) is 0. The van der Waals surface area contributed by atoms with Crippen LogP contribution < -0.4 is 0 Å². The lowest BCUT2D eigenvalue weighted by Crippen LogP contribution is -2.38. The van der Waals surface area contributed by atoms with Gasteiger partial charge in [-0.25, -0.2) is 0 Å². The van der Waals surface area contributed by atoms with E-state index >= 15 is 0 Å². The van der Waals surface area contributed by atoms with Gasteiger partial charge >= 0.3 is 5.97 Å². The molecule has 1 saturated carbocycles. The van der Waals surface area contributed by atoms with Crippen molar-refractivity contribution >= 4 is 33.3 Å². The van der Waals surface area contributed by atoms with Crippen LogP contribution in [0.2, 0.25) is 0 Å². The van der Waals surface area contributed by atoms with Crippen molar-refractivity contribution in [3.8, 4) is 0 Å². The van der Waals surface area contributed by atoms with Gasteiger partial charge in [0, 0.05) is 21.5 Å². The van der Waals surface area contributed by atoms with Crippen LogP contribution in [0.15, 0.2) is 29.6 Å². The number of carbonyl (C=O) groups excluding carboxylic acids is 2. The monoisotopic (exact) mass is 303 g/mol. The van der Waals surface area contributed by atoms with Crippen molar-refractivity contribution in [2.75, 3.05) is 13.2 Å². The number of nitrogens with zero attached hydrogens (tertiary/aromatic N) is 1. The molecule has 2 aromatic rings. The molecule has 5 heteroatoms. The fraction of sp³-hybridized carbons (Fsp3) is 0.375. The first-order valence-electron chi connectivity index (χ1n) is 7.13. The van der Waals surface area contributed by atoms with Crippen molar-refractivity contribution in [2.24, 2.45) is 0 Å². The normalized spacial score (nSPS) is 14.1. The van der Waals surface area contributed by atoms with Crippen LogP contribution in [0.5, 0.6) is 0 Å². The smallest absolute Gasteiger partial charge is 0.325 e.